The zero-order chi connectivity index (χ0) is 22.0. The summed E-state index contributed by atoms with van der Waals surface area (Å²) >= 11 is 1.06. The summed E-state index contributed by atoms with van der Waals surface area (Å²) in [5.74, 6) is 0.717. The molecular weight excluding hydrogens is 432 g/mol. The lowest BCUT2D eigenvalue weighted by atomic mass is 10.2. The van der Waals surface area contributed by atoms with Crippen molar-refractivity contribution in [2.75, 3.05) is 14.2 Å². The van der Waals surface area contributed by atoms with Crippen molar-refractivity contribution in [3.05, 3.63) is 93.6 Å². The molecule has 6 nitrogen and oxygen atoms in total. The van der Waals surface area contributed by atoms with Crippen LogP contribution in [0, 0.1) is 0 Å². The second-order valence-electron chi connectivity index (χ2n) is 7.18. The van der Waals surface area contributed by atoms with E-state index in [1.54, 1.807) is 49.1 Å². The number of ether oxygens (including phenoxy) is 1. The Morgan fingerprint density at radius 3 is 2.35 bits per heavy atom. The van der Waals surface area contributed by atoms with Crippen LogP contribution in [0.15, 0.2) is 82.5 Å². The molecule has 0 N–H and O–H groups in total. The third kappa shape index (κ3) is 4.41. The smallest absolute Gasteiger partial charge is 0.308 e. The molecule has 4 aromatic rings. The van der Waals surface area contributed by atoms with Gasteiger partial charge in [-0.3, -0.25) is 9.36 Å². The van der Waals surface area contributed by atoms with Gasteiger partial charge in [0.1, 0.15) is 5.75 Å². The first-order chi connectivity index (χ1) is 14.9. The number of fused-ring (bicyclic) bond motifs is 1. The Morgan fingerprint density at radius 1 is 0.968 bits per heavy atom. The molecule has 0 fully saturated rings. The van der Waals surface area contributed by atoms with E-state index in [0.717, 1.165) is 33.7 Å². The molecule has 4 rings (SSSR count). The van der Waals surface area contributed by atoms with Gasteiger partial charge in [0.05, 0.1) is 28.8 Å². The summed E-state index contributed by atoms with van der Waals surface area (Å²) in [5, 5.41) is 0. The fourth-order valence-corrected chi connectivity index (χ4v) is 5.57. The lowest BCUT2D eigenvalue weighted by Gasteiger charge is -2.17. The van der Waals surface area contributed by atoms with Crippen LogP contribution in [-0.4, -0.2) is 31.4 Å². The zero-order valence-corrected chi connectivity index (χ0v) is 18.8. The van der Waals surface area contributed by atoms with Gasteiger partial charge in [-0.25, -0.2) is 8.42 Å². The number of thiazole rings is 1. The minimum Gasteiger partial charge on any atom is -0.497 e. The molecule has 8 heteroatoms. The predicted molar refractivity (Wildman–Crippen MR) is 123 cm³/mol. The fourth-order valence-electron chi connectivity index (χ4n) is 3.38. The molecule has 0 spiro atoms. The van der Waals surface area contributed by atoms with Crippen LogP contribution in [0.2, 0.25) is 0 Å². The highest BCUT2D eigenvalue weighted by atomic mass is 32.2. The number of aromatic nitrogens is 1. The molecule has 0 aliphatic carbocycles. The lowest BCUT2D eigenvalue weighted by molar-refractivity contribution is 0.414. The van der Waals surface area contributed by atoms with Gasteiger partial charge in [-0.1, -0.05) is 53.8 Å². The van der Waals surface area contributed by atoms with Gasteiger partial charge in [0.15, 0.2) is 0 Å². The van der Waals surface area contributed by atoms with Gasteiger partial charge in [-0.05, 0) is 41.5 Å². The predicted octanol–water partition coefficient (Wildman–Crippen LogP) is 3.94. The summed E-state index contributed by atoms with van der Waals surface area (Å²) < 4.78 is 35.0. The minimum absolute atomic E-state index is 0.111. The van der Waals surface area contributed by atoms with Crippen LogP contribution in [0.5, 0.6) is 5.75 Å². The fraction of sp³-hybridized carbons (Fsp3) is 0.174. The molecular formula is C23H22N2O4S2. The molecule has 0 radical (unpaired) electrons. The third-order valence-corrected chi connectivity index (χ3v) is 7.84. The SMILES string of the molecule is COc1ccc(CN(C)S(=O)(=O)c2ccc3c(c2)sc(=O)n3Cc2ccccc2)cc1. The van der Waals surface area contributed by atoms with Crippen molar-refractivity contribution in [2.45, 2.75) is 18.0 Å². The lowest BCUT2D eigenvalue weighted by Crippen LogP contribution is -2.26. The van der Waals surface area contributed by atoms with E-state index < -0.39 is 10.0 Å². The van der Waals surface area contributed by atoms with E-state index in [9.17, 15) is 13.2 Å². The van der Waals surface area contributed by atoms with E-state index in [1.165, 1.54) is 4.31 Å². The normalized spacial score (nSPS) is 11.8. The molecule has 0 atom stereocenters. The minimum atomic E-state index is -3.71. The number of rotatable bonds is 7. The van der Waals surface area contributed by atoms with Gasteiger partial charge in [0.25, 0.3) is 0 Å². The van der Waals surface area contributed by atoms with E-state index >= 15 is 0 Å². The van der Waals surface area contributed by atoms with Gasteiger partial charge in [0.2, 0.25) is 10.0 Å². The van der Waals surface area contributed by atoms with Gasteiger partial charge in [-0.15, -0.1) is 0 Å². The Balaban J connectivity index is 1.61. The molecule has 0 bridgehead atoms. The first kappa shape index (κ1) is 21.3. The van der Waals surface area contributed by atoms with Gasteiger partial charge in [-0.2, -0.15) is 4.31 Å². The Labute approximate surface area is 185 Å². The van der Waals surface area contributed by atoms with Crippen molar-refractivity contribution in [2.24, 2.45) is 0 Å². The van der Waals surface area contributed by atoms with Crippen molar-refractivity contribution >= 4 is 31.6 Å². The highest BCUT2D eigenvalue weighted by molar-refractivity contribution is 7.89. The highest BCUT2D eigenvalue weighted by Gasteiger charge is 2.22. The quantitative estimate of drug-likeness (QED) is 0.424. The van der Waals surface area contributed by atoms with E-state index in [1.807, 2.05) is 42.5 Å². The number of sulfonamides is 1. The summed E-state index contributed by atoms with van der Waals surface area (Å²) in [6.45, 7) is 0.679. The van der Waals surface area contributed by atoms with Crippen LogP contribution in [0.4, 0.5) is 0 Å². The van der Waals surface area contributed by atoms with E-state index in [2.05, 4.69) is 0 Å². The van der Waals surface area contributed by atoms with Crippen molar-refractivity contribution < 1.29 is 13.2 Å². The number of hydrogen-bond donors (Lipinski definition) is 0. The second kappa shape index (κ2) is 8.66. The van der Waals surface area contributed by atoms with Crippen LogP contribution < -0.4 is 9.61 Å². The van der Waals surface area contributed by atoms with Crippen LogP contribution in [0.1, 0.15) is 11.1 Å². The molecule has 0 saturated carbocycles. The number of methoxy groups -OCH3 is 1. The Hall–Kier alpha value is -2.94. The molecule has 0 unspecified atom stereocenters. The number of nitrogens with zero attached hydrogens (tertiary/aromatic N) is 2. The first-order valence-electron chi connectivity index (χ1n) is 9.65. The summed E-state index contributed by atoms with van der Waals surface area (Å²) in [6, 6.07) is 21.8. The average Bonchev–Trinajstić information content (AvgIpc) is 3.09. The maximum Gasteiger partial charge on any atom is 0.308 e. The maximum atomic E-state index is 13.1. The topological polar surface area (TPSA) is 68.6 Å². The molecule has 1 aromatic heterocycles. The van der Waals surface area contributed by atoms with Gasteiger partial charge in [0, 0.05) is 13.6 Å². The molecule has 31 heavy (non-hydrogen) atoms. The third-order valence-electron chi connectivity index (χ3n) is 5.10. The van der Waals surface area contributed by atoms with Gasteiger partial charge >= 0.3 is 4.87 Å². The summed E-state index contributed by atoms with van der Waals surface area (Å²) in [6.07, 6.45) is 0. The monoisotopic (exact) mass is 454 g/mol. The highest BCUT2D eigenvalue weighted by Crippen LogP contribution is 2.25. The average molecular weight is 455 g/mol. The Kier molecular flexibility index (Phi) is 5.95. The van der Waals surface area contributed by atoms with Crippen molar-refractivity contribution in [1.29, 1.82) is 0 Å². The van der Waals surface area contributed by atoms with Gasteiger partial charge < -0.3 is 4.74 Å². The standard InChI is InChI=1S/C23H22N2O4S2/c1-24(15-18-8-10-19(29-2)11-9-18)31(27,28)20-12-13-21-22(14-20)30-23(26)25(21)16-17-6-4-3-5-7-17/h3-14H,15-16H2,1-2H3. The van der Waals surface area contributed by atoms with Crippen molar-refractivity contribution in [3.63, 3.8) is 0 Å². The van der Waals surface area contributed by atoms with E-state index in [4.69, 9.17) is 4.74 Å². The van der Waals surface area contributed by atoms with Crippen LogP contribution in [0.25, 0.3) is 10.2 Å². The maximum absolute atomic E-state index is 13.1. The summed E-state index contributed by atoms with van der Waals surface area (Å²) in [5.41, 5.74) is 2.60. The molecule has 3 aromatic carbocycles. The molecule has 0 aliphatic rings. The largest absolute Gasteiger partial charge is 0.497 e. The van der Waals surface area contributed by atoms with E-state index in [0.29, 0.717) is 11.2 Å². The Bertz CT molecular complexity index is 1360. The van der Waals surface area contributed by atoms with Crippen LogP contribution in [0.3, 0.4) is 0 Å². The molecule has 160 valence electrons. The zero-order valence-electron chi connectivity index (χ0n) is 17.2. The summed E-state index contributed by atoms with van der Waals surface area (Å²) in [4.78, 5) is 12.6. The number of hydrogen-bond acceptors (Lipinski definition) is 5. The van der Waals surface area contributed by atoms with Crippen molar-refractivity contribution in [1.82, 2.24) is 8.87 Å². The second-order valence-corrected chi connectivity index (χ2v) is 10.2. The number of benzene rings is 3. The summed E-state index contributed by atoms with van der Waals surface area (Å²) in [7, 11) is -0.574. The van der Waals surface area contributed by atoms with Crippen molar-refractivity contribution in [3.8, 4) is 5.75 Å². The molecule has 0 aliphatic heterocycles. The van der Waals surface area contributed by atoms with Crippen LogP contribution >= 0.6 is 11.3 Å². The van der Waals surface area contributed by atoms with E-state index in [-0.39, 0.29) is 16.3 Å². The van der Waals surface area contributed by atoms with Crippen LogP contribution in [-0.2, 0) is 23.1 Å². The molecule has 0 amide bonds. The molecule has 0 saturated heterocycles. The first-order valence-corrected chi connectivity index (χ1v) is 11.9. The molecule has 1 heterocycles. The Morgan fingerprint density at radius 2 is 1.68 bits per heavy atom.